The molecule has 5 heteroatoms. The van der Waals surface area contributed by atoms with Crippen LogP contribution < -0.4 is 10.1 Å². The lowest BCUT2D eigenvalue weighted by Crippen LogP contribution is -2.40. The van der Waals surface area contributed by atoms with Crippen molar-refractivity contribution in [2.45, 2.75) is 43.7 Å². The summed E-state index contributed by atoms with van der Waals surface area (Å²) >= 11 is 0. The van der Waals surface area contributed by atoms with Crippen LogP contribution in [0.1, 0.15) is 43.7 Å². The lowest BCUT2D eigenvalue weighted by atomic mass is 9.86. The number of nitrogens with one attached hydrogen (secondary N) is 1. The molecule has 1 fully saturated rings. The average molecular weight is 347 g/mol. The maximum absolute atomic E-state index is 9.88. The van der Waals surface area contributed by atoms with Crippen LogP contribution in [0.3, 0.4) is 0 Å². The number of nitrogens with zero attached hydrogens (tertiary/aromatic N) is 2. The zero-order valence-electron chi connectivity index (χ0n) is 14.5. The number of ether oxygens (including phenoxy) is 1. The van der Waals surface area contributed by atoms with E-state index in [1.807, 2.05) is 18.2 Å². The van der Waals surface area contributed by atoms with Gasteiger partial charge in [-0.25, -0.2) is 9.97 Å². The Bertz CT molecular complexity index is 966. The molecule has 5 rings (SSSR count). The molecular formula is C21H21N3O2. The number of anilines is 1. The Morgan fingerprint density at radius 1 is 1.08 bits per heavy atom. The van der Waals surface area contributed by atoms with Crippen molar-refractivity contribution in [2.75, 3.05) is 5.32 Å². The minimum atomic E-state index is -0.0724. The first-order valence-corrected chi connectivity index (χ1v) is 9.21. The number of phenolic OH excluding ortho intramolecular Hbond substituents is 1. The van der Waals surface area contributed by atoms with E-state index in [1.165, 1.54) is 12.8 Å². The van der Waals surface area contributed by atoms with Crippen LogP contribution in [0.5, 0.6) is 11.5 Å². The quantitative estimate of drug-likeness (QED) is 0.710. The van der Waals surface area contributed by atoms with Crippen LogP contribution in [0.25, 0.3) is 10.9 Å². The van der Waals surface area contributed by atoms with E-state index in [0.717, 1.165) is 47.3 Å². The van der Waals surface area contributed by atoms with E-state index >= 15 is 0 Å². The molecule has 2 heterocycles. The second kappa shape index (κ2) is 5.87. The Labute approximate surface area is 152 Å². The molecule has 1 aliphatic heterocycles. The minimum Gasteiger partial charge on any atom is -0.508 e. The van der Waals surface area contributed by atoms with E-state index in [9.17, 15) is 5.11 Å². The van der Waals surface area contributed by atoms with Gasteiger partial charge >= 0.3 is 0 Å². The lowest BCUT2D eigenvalue weighted by Gasteiger charge is -2.40. The van der Waals surface area contributed by atoms with Gasteiger partial charge in [0.15, 0.2) is 0 Å². The first-order valence-electron chi connectivity index (χ1n) is 9.21. The Kier molecular flexibility index (Phi) is 3.48. The molecule has 0 saturated heterocycles. The van der Waals surface area contributed by atoms with Crippen LogP contribution in [0.4, 0.5) is 5.82 Å². The highest BCUT2D eigenvalue weighted by Gasteiger charge is 2.43. The van der Waals surface area contributed by atoms with Gasteiger partial charge in [-0.1, -0.05) is 18.2 Å². The highest BCUT2D eigenvalue weighted by molar-refractivity contribution is 5.90. The topological polar surface area (TPSA) is 67.3 Å². The molecule has 1 aromatic heterocycles. The van der Waals surface area contributed by atoms with Crippen LogP contribution >= 0.6 is 0 Å². The number of hydrogen-bond donors (Lipinski definition) is 2. The Morgan fingerprint density at radius 3 is 2.81 bits per heavy atom. The average Bonchev–Trinajstić information content (AvgIpc) is 3.09. The molecule has 2 aromatic carbocycles. The van der Waals surface area contributed by atoms with E-state index in [4.69, 9.17) is 4.74 Å². The molecule has 26 heavy (non-hydrogen) atoms. The van der Waals surface area contributed by atoms with Gasteiger partial charge in [-0.3, -0.25) is 0 Å². The molecule has 1 saturated carbocycles. The van der Waals surface area contributed by atoms with Crippen molar-refractivity contribution in [3.05, 3.63) is 54.4 Å². The SMILES string of the molecule is Oc1ccc2ncnc(NC3CC4(CCCC4)Oc4ccccc43)c2c1. The first kappa shape index (κ1) is 15.4. The molecule has 2 aliphatic rings. The van der Waals surface area contributed by atoms with Gasteiger partial charge in [-0.15, -0.1) is 0 Å². The van der Waals surface area contributed by atoms with Crippen LogP contribution in [0.2, 0.25) is 0 Å². The predicted octanol–water partition coefficient (Wildman–Crippen LogP) is 4.58. The van der Waals surface area contributed by atoms with Gasteiger partial charge in [-0.2, -0.15) is 0 Å². The number of fused-ring (bicyclic) bond motifs is 2. The minimum absolute atomic E-state index is 0.0724. The third kappa shape index (κ3) is 2.55. The molecule has 0 bridgehead atoms. The molecular weight excluding hydrogens is 326 g/mol. The standard InChI is InChI=1S/C21H21N3O2/c25-14-7-8-17-16(11-14)20(23-13-22-17)24-18-12-21(9-3-4-10-21)26-19-6-2-1-5-15(18)19/h1-2,5-8,11,13,18,25H,3-4,9-10,12H2,(H,22,23,24). The number of benzene rings is 2. The number of rotatable bonds is 2. The third-order valence-electron chi connectivity index (χ3n) is 5.64. The fourth-order valence-electron chi connectivity index (χ4n) is 4.40. The Balaban J connectivity index is 1.56. The fraction of sp³-hybridized carbons (Fsp3) is 0.333. The molecule has 132 valence electrons. The van der Waals surface area contributed by atoms with E-state index < -0.39 is 0 Å². The molecule has 1 atom stereocenters. The van der Waals surface area contributed by atoms with Crippen molar-refractivity contribution in [1.82, 2.24) is 9.97 Å². The molecule has 2 N–H and O–H groups in total. The molecule has 0 radical (unpaired) electrons. The lowest BCUT2D eigenvalue weighted by molar-refractivity contribution is 0.0453. The van der Waals surface area contributed by atoms with Gasteiger partial charge in [-0.05, 0) is 49.9 Å². The second-order valence-corrected chi connectivity index (χ2v) is 7.35. The molecule has 5 nitrogen and oxygen atoms in total. The van der Waals surface area contributed by atoms with Gasteiger partial charge in [0, 0.05) is 17.4 Å². The van der Waals surface area contributed by atoms with Crippen LogP contribution in [-0.4, -0.2) is 20.7 Å². The highest BCUT2D eigenvalue weighted by Crippen LogP contribution is 2.48. The van der Waals surface area contributed by atoms with Gasteiger partial charge in [0.25, 0.3) is 0 Å². The smallest absolute Gasteiger partial charge is 0.137 e. The number of phenols is 1. The zero-order valence-corrected chi connectivity index (χ0v) is 14.5. The summed E-state index contributed by atoms with van der Waals surface area (Å²) in [6.07, 6.45) is 7.14. The maximum atomic E-state index is 9.88. The van der Waals surface area contributed by atoms with Crippen molar-refractivity contribution in [3.63, 3.8) is 0 Å². The summed E-state index contributed by atoms with van der Waals surface area (Å²) in [5.74, 6) is 1.94. The number of para-hydroxylation sites is 1. The highest BCUT2D eigenvalue weighted by atomic mass is 16.5. The predicted molar refractivity (Wildman–Crippen MR) is 100 cm³/mol. The fourth-order valence-corrected chi connectivity index (χ4v) is 4.40. The molecule has 1 spiro atoms. The van der Waals surface area contributed by atoms with Crippen molar-refractivity contribution >= 4 is 16.7 Å². The van der Waals surface area contributed by atoms with Gasteiger partial charge in [0.1, 0.15) is 29.2 Å². The van der Waals surface area contributed by atoms with Gasteiger partial charge in [0.2, 0.25) is 0 Å². The number of aromatic hydroxyl groups is 1. The maximum Gasteiger partial charge on any atom is 0.137 e. The second-order valence-electron chi connectivity index (χ2n) is 7.35. The first-order chi connectivity index (χ1) is 12.7. The van der Waals surface area contributed by atoms with Gasteiger partial charge in [0.05, 0.1) is 11.6 Å². The van der Waals surface area contributed by atoms with Crippen molar-refractivity contribution < 1.29 is 9.84 Å². The van der Waals surface area contributed by atoms with Crippen molar-refractivity contribution in [1.29, 1.82) is 0 Å². The van der Waals surface area contributed by atoms with Gasteiger partial charge < -0.3 is 15.2 Å². The summed E-state index contributed by atoms with van der Waals surface area (Å²) < 4.78 is 6.44. The number of aromatic nitrogens is 2. The molecule has 1 aliphatic carbocycles. The Hall–Kier alpha value is -2.82. The summed E-state index contributed by atoms with van der Waals surface area (Å²) in [7, 11) is 0. The number of hydrogen-bond acceptors (Lipinski definition) is 5. The largest absolute Gasteiger partial charge is 0.508 e. The van der Waals surface area contributed by atoms with Crippen LogP contribution in [0.15, 0.2) is 48.8 Å². The van der Waals surface area contributed by atoms with E-state index in [1.54, 1.807) is 18.5 Å². The van der Waals surface area contributed by atoms with E-state index in [-0.39, 0.29) is 17.4 Å². The molecule has 3 aromatic rings. The van der Waals surface area contributed by atoms with Crippen molar-refractivity contribution in [2.24, 2.45) is 0 Å². The Morgan fingerprint density at radius 2 is 1.92 bits per heavy atom. The summed E-state index contributed by atoms with van der Waals surface area (Å²) in [6.45, 7) is 0. The van der Waals surface area contributed by atoms with E-state index in [0.29, 0.717) is 0 Å². The normalized spacial score (nSPS) is 20.7. The molecule has 0 amide bonds. The molecule has 1 unspecified atom stereocenters. The zero-order chi connectivity index (χ0) is 17.6. The summed E-state index contributed by atoms with van der Waals surface area (Å²) in [5.41, 5.74) is 1.91. The van der Waals surface area contributed by atoms with Crippen LogP contribution in [-0.2, 0) is 0 Å². The monoisotopic (exact) mass is 347 g/mol. The summed E-state index contributed by atoms with van der Waals surface area (Å²) in [4.78, 5) is 8.76. The van der Waals surface area contributed by atoms with Crippen molar-refractivity contribution in [3.8, 4) is 11.5 Å². The summed E-state index contributed by atoms with van der Waals surface area (Å²) in [6, 6.07) is 13.6. The van der Waals surface area contributed by atoms with Crippen LogP contribution in [0, 0.1) is 0 Å². The third-order valence-corrected chi connectivity index (χ3v) is 5.64. The van der Waals surface area contributed by atoms with E-state index in [2.05, 4.69) is 27.4 Å². The summed E-state index contributed by atoms with van der Waals surface area (Å²) in [5, 5.41) is 14.3.